The van der Waals surface area contributed by atoms with Gasteiger partial charge in [-0.2, -0.15) is 0 Å². The quantitative estimate of drug-likeness (QED) is 0.539. The molecule has 1 aromatic rings. The number of hydrogen-bond donors (Lipinski definition) is 3. The van der Waals surface area contributed by atoms with Crippen molar-refractivity contribution in [3.05, 3.63) is 35.9 Å². The van der Waals surface area contributed by atoms with E-state index in [4.69, 9.17) is 0 Å². The minimum Gasteiger partial charge on any atom is -0.465 e. The summed E-state index contributed by atoms with van der Waals surface area (Å²) in [5.74, 6) is -1.77. The van der Waals surface area contributed by atoms with Crippen LogP contribution in [-0.4, -0.2) is 28.9 Å². The third-order valence-electron chi connectivity index (χ3n) is 5.35. The van der Waals surface area contributed by atoms with Gasteiger partial charge >= 0.3 is 6.09 Å². The topological polar surface area (TPSA) is 95.5 Å². The zero-order chi connectivity index (χ0) is 20.6. The van der Waals surface area contributed by atoms with Gasteiger partial charge in [0.25, 0.3) is 5.91 Å². The van der Waals surface area contributed by atoms with Gasteiger partial charge in [-0.15, -0.1) is 0 Å². The molecule has 0 aromatic heterocycles. The highest BCUT2D eigenvalue weighted by atomic mass is 16.4. The number of carbonyl (C=O) groups is 3. The fraction of sp³-hybridized carbons (Fsp3) is 0.571. The molecule has 2 amide bonds. The summed E-state index contributed by atoms with van der Waals surface area (Å²) in [5.41, 5.74) is 0.588. The summed E-state index contributed by atoms with van der Waals surface area (Å²) in [6.07, 6.45) is 0.913. The van der Waals surface area contributed by atoms with Gasteiger partial charge in [0, 0.05) is 0 Å². The number of amides is 2. The number of hydrogen-bond acceptors (Lipinski definition) is 3. The molecule has 0 spiro atoms. The smallest absolute Gasteiger partial charge is 0.405 e. The number of nitrogens with one attached hydrogen (secondary N) is 2. The SMILES string of the molecule is CCCC([C@H](NC(=O)O)C(=O)C(=O)N[C@H](C)c1ccccc1)C(C)(C)CC. The Bertz CT molecular complexity index is 643. The maximum Gasteiger partial charge on any atom is 0.405 e. The molecular formula is C21H32N2O4. The first-order valence-electron chi connectivity index (χ1n) is 9.53. The molecule has 1 aromatic carbocycles. The van der Waals surface area contributed by atoms with E-state index in [1.165, 1.54) is 0 Å². The Labute approximate surface area is 161 Å². The number of Topliss-reactive ketones (excluding diaryl/α,β-unsaturated/α-hetero) is 1. The molecule has 0 heterocycles. The summed E-state index contributed by atoms with van der Waals surface area (Å²) in [6.45, 7) is 9.78. The van der Waals surface area contributed by atoms with E-state index in [1.807, 2.05) is 58.0 Å². The van der Waals surface area contributed by atoms with Crippen LogP contribution in [0.25, 0.3) is 0 Å². The fourth-order valence-electron chi connectivity index (χ4n) is 3.30. The van der Waals surface area contributed by atoms with Crippen molar-refractivity contribution in [1.82, 2.24) is 10.6 Å². The normalized spacial score (nSPS) is 14.7. The number of rotatable bonds is 10. The van der Waals surface area contributed by atoms with Crippen LogP contribution in [0.3, 0.4) is 0 Å². The predicted molar refractivity (Wildman–Crippen MR) is 105 cm³/mol. The summed E-state index contributed by atoms with van der Waals surface area (Å²) in [4.78, 5) is 36.8. The van der Waals surface area contributed by atoms with E-state index in [0.29, 0.717) is 6.42 Å². The van der Waals surface area contributed by atoms with E-state index in [0.717, 1.165) is 18.4 Å². The van der Waals surface area contributed by atoms with Crippen LogP contribution in [0.2, 0.25) is 0 Å². The summed E-state index contributed by atoms with van der Waals surface area (Å²) >= 11 is 0. The molecule has 0 fully saturated rings. The van der Waals surface area contributed by atoms with E-state index in [9.17, 15) is 19.5 Å². The first kappa shape index (κ1) is 22.7. The fourth-order valence-corrected chi connectivity index (χ4v) is 3.30. The Kier molecular flexibility index (Phi) is 8.47. The van der Waals surface area contributed by atoms with Gasteiger partial charge in [-0.1, -0.05) is 70.9 Å². The minimum atomic E-state index is -1.30. The molecule has 6 heteroatoms. The average molecular weight is 376 g/mol. The minimum absolute atomic E-state index is 0.270. The Hall–Kier alpha value is -2.37. The van der Waals surface area contributed by atoms with Gasteiger partial charge < -0.3 is 15.7 Å². The Morgan fingerprint density at radius 3 is 2.15 bits per heavy atom. The Morgan fingerprint density at radius 1 is 1.07 bits per heavy atom. The van der Waals surface area contributed by atoms with Gasteiger partial charge in [-0.3, -0.25) is 9.59 Å². The van der Waals surface area contributed by atoms with Gasteiger partial charge in [0.05, 0.1) is 6.04 Å². The highest BCUT2D eigenvalue weighted by Crippen LogP contribution is 2.36. The maximum absolute atomic E-state index is 12.9. The molecule has 1 unspecified atom stereocenters. The molecule has 0 saturated heterocycles. The first-order chi connectivity index (χ1) is 12.6. The highest BCUT2D eigenvalue weighted by molar-refractivity contribution is 6.38. The number of ketones is 1. The standard InChI is InChI=1S/C21H32N2O4/c1-6-11-16(21(4,5)7-2)17(23-20(26)27)18(24)19(25)22-14(3)15-12-9-8-10-13-15/h8-10,12-14,16-17,23H,6-7,11H2,1-5H3,(H,22,25)(H,26,27)/t14-,16?,17+/m1/s1. The molecule has 0 saturated carbocycles. The first-order valence-corrected chi connectivity index (χ1v) is 9.53. The van der Waals surface area contributed by atoms with Crippen LogP contribution in [0.15, 0.2) is 30.3 Å². The lowest BCUT2D eigenvalue weighted by Crippen LogP contribution is -2.54. The van der Waals surface area contributed by atoms with Crippen molar-refractivity contribution in [2.45, 2.75) is 66.0 Å². The number of benzene rings is 1. The molecule has 3 atom stereocenters. The van der Waals surface area contributed by atoms with Crippen LogP contribution >= 0.6 is 0 Å². The van der Waals surface area contributed by atoms with Gasteiger partial charge in [0.2, 0.25) is 5.78 Å². The van der Waals surface area contributed by atoms with Crippen LogP contribution in [0.5, 0.6) is 0 Å². The number of carboxylic acid groups (broad SMARTS) is 1. The average Bonchev–Trinajstić information content (AvgIpc) is 2.64. The molecule has 6 nitrogen and oxygen atoms in total. The van der Waals surface area contributed by atoms with Crippen LogP contribution in [0, 0.1) is 11.3 Å². The van der Waals surface area contributed by atoms with E-state index in [2.05, 4.69) is 10.6 Å². The van der Waals surface area contributed by atoms with Crippen molar-refractivity contribution in [2.75, 3.05) is 0 Å². The van der Waals surface area contributed by atoms with Crippen molar-refractivity contribution in [2.24, 2.45) is 11.3 Å². The van der Waals surface area contributed by atoms with Gasteiger partial charge in [-0.05, 0) is 30.2 Å². The molecule has 0 aliphatic carbocycles. The monoisotopic (exact) mass is 376 g/mol. The van der Waals surface area contributed by atoms with Crippen molar-refractivity contribution in [3.63, 3.8) is 0 Å². The summed E-state index contributed by atoms with van der Waals surface area (Å²) in [7, 11) is 0. The molecule has 3 N–H and O–H groups in total. The van der Waals surface area contributed by atoms with Gasteiger partial charge in [0.15, 0.2) is 0 Å². The second-order valence-corrected chi connectivity index (χ2v) is 7.63. The third-order valence-corrected chi connectivity index (χ3v) is 5.35. The maximum atomic E-state index is 12.9. The molecule has 0 aliphatic heterocycles. The highest BCUT2D eigenvalue weighted by Gasteiger charge is 2.41. The van der Waals surface area contributed by atoms with Crippen LogP contribution in [-0.2, 0) is 9.59 Å². The van der Waals surface area contributed by atoms with E-state index in [1.54, 1.807) is 6.92 Å². The zero-order valence-electron chi connectivity index (χ0n) is 16.9. The summed E-state index contributed by atoms with van der Waals surface area (Å²) < 4.78 is 0. The molecule has 0 bridgehead atoms. The molecule has 0 aliphatic rings. The largest absolute Gasteiger partial charge is 0.465 e. The summed E-state index contributed by atoms with van der Waals surface area (Å²) in [5, 5.41) is 14.2. The summed E-state index contributed by atoms with van der Waals surface area (Å²) in [6, 6.07) is 7.89. The van der Waals surface area contributed by atoms with Crippen LogP contribution < -0.4 is 10.6 Å². The molecule has 27 heavy (non-hydrogen) atoms. The second kappa shape index (κ2) is 10.1. The van der Waals surface area contributed by atoms with E-state index < -0.39 is 23.8 Å². The molecule has 150 valence electrons. The molecular weight excluding hydrogens is 344 g/mol. The lowest BCUT2D eigenvalue weighted by Gasteiger charge is -2.38. The zero-order valence-corrected chi connectivity index (χ0v) is 16.9. The van der Waals surface area contributed by atoms with Crippen LogP contribution in [0.1, 0.15) is 65.5 Å². The number of carbonyl (C=O) groups excluding carboxylic acids is 2. The van der Waals surface area contributed by atoms with E-state index in [-0.39, 0.29) is 17.4 Å². The van der Waals surface area contributed by atoms with E-state index >= 15 is 0 Å². The van der Waals surface area contributed by atoms with Crippen molar-refractivity contribution in [1.29, 1.82) is 0 Å². The molecule has 0 radical (unpaired) electrons. The molecule has 1 rings (SSSR count). The lowest BCUT2D eigenvalue weighted by atomic mass is 9.69. The van der Waals surface area contributed by atoms with Crippen molar-refractivity contribution >= 4 is 17.8 Å². The lowest BCUT2D eigenvalue weighted by molar-refractivity contribution is -0.141. The Balaban J connectivity index is 3.05. The van der Waals surface area contributed by atoms with Crippen molar-refractivity contribution < 1.29 is 19.5 Å². The Morgan fingerprint density at radius 2 is 1.67 bits per heavy atom. The van der Waals surface area contributed by atoms with Crippen molar-refractivity contribution in [3.8, 4) is 0 Å². The van der Waals surface area contributed by atoms with Crippen LogP contribution in [0.4, 0.5) is 4.79 Å². The van der Waals surface area contributed by atoms with Gasteiger partial charge in [-0.25, -0.2) is 4.79 Å². The predicted octanol–water partition coefficient (Wildman–Crippen LogP) is 3.92. The second-order valence-electron chi connectivity index (χ2n) is 7.63. The third kappa shape index (κ3) is 6.38. The van der Waals surface area contributed by atoms with Gasteiger partial charge in [0.1, 0.15) is 6.04 Å².